The van der Waals surface area contributed by atoms with E-state index in [0.29, 0.717) is 86.4 Å². The first-order valence-corrected chi connectivity index (χ1v) is 22.8. The van der Waals surface area contributed by atoms with Gasteiger partial charge in [-0.25, -0.2) is 4.79 Å². The van der Waals surface area contributed by atoms with Crippen LogP contribution in [0.1, 0.15) is 89.4 Å². The van der Waals surface area contributed by atoms with E-state index in [1.165, 1.54) is 48.3 Å². The Morgan fingerprint density at radius 3 is 2.67 bits per heavy atom. The number of phenolic OH excluding ortho intramolecular Hbond substituents is 1. The zero-order valence-electron chi connectivity index (χ0n) is 35.5. The van der Waals surface area contributed by atoms with Crippen molar-refractivity contribution < 1.29 is 29.3 Å². The number of carboxylic acids is 1. The molecule has 4 fully saturated rings. The highest BCUT2D eigenvalue weighted by molar-refractivity contribution is 7.80. The van der Waals surface area contributed by atoms with E-state index in [2.05, 4.69) is 49.3 Å². The number of likely N-dealkylation sites (tertiary alicyclic amines) is 1. The molecule has 5 N–H and O–H groups in total. The smallest absolute Gasteiger partial charge is 0.336 e. The number of nitrogens with zero attached hydrogens (tertiary/aromatic N) is 1. The van der Waals surface area contributed by atoms with Crippen LogP contribution in [0.25, 0.3) is 33.4 Å². The van der Waals surface area contributed by atoms with Gasteiger partial charge < -0.3 is 35.1 Å². The van der Waals surface area contributed by atoms with Gasteiger partial charge in [0.15, 0.2) is 10.5 Å². The highest BCUT2D eigenvalue weighted by Crippen LogP contribution is 2.65. The first-order chi connectivity index (χ1) is 29.2. The summed E-state index contributed by atoms with van der Waals surface area (Å²) in [6, 6.07) is 14.5. The predicted octanol–water partition coefficient (Wildman–Crippen LogP) is 8.98. The summed E-state index contributed by atoms with van der Waals surface area (Å²) in [5.74, 6) is 2.03. The van der Waals surface area contributed by atoms with Gasteiger partial charge >= 0.3 is 5.97 Å². The second-order valence-corrected chi connectivity index (χ2v) is 19.9. The molecule has 10 nitrogen and oxygen atoms in total. The van der Waals surface area contributed by atoms with E-state index in [4.69, 9.17) is 21.4 Å². The Labute approximate surface area is 362 Å². The summed E-state index contributed by atoms with van der Waals surface area (Å²) in [7, 11) is 0. The fourth-order valence-corrected chi connectivity index (χ4v) is 13.6. The molecule has 8 aliphatic rings. The Balaban J connectivity index is 0.838. The minimum Gasteiger partial charge on any atom is -0.508 e. The van der Waals surface area contributed by atoms with E-state index in [0.717, 1.165) is 51.6 Å². The van der Waals surface area contributed by atoms with Crippen molar-refractivity contribution in [2.45, 2.75) is 103 Å². The molecule has 2 aromatic rings. The van der Waals surface area contributed by atoms with E-state index in [9.17, 15) is 24.9 Å². The van der Waals surface area contributed by atoms with Crippen LogP contribution in [-0.2, 0) is 4.74 Å². The predicted molar refractivity (Wildman–Crippen MR) is 241 cm³/mol. The van der Waals surface area contributed by atoms with Gasteiger partial charge in [-0.05, 0) is 147 Å². The number of ether oxygens (including phenoxy) is 1. The number of hydrogen-bond acceptors (Lipinski definition) is 8. The maximum atomic E-state index is 12.8. The van der Waals surface area contributed by atoms with Crippen LogP contribution >= 0.6 is 12.2 Å². The molecule has 11 heteroatoms. The Kier molecular flexibility index (Phi) is 10.0. The van der Waals surface area contributed by atoms with Crippen LogP contribution in [0, 0.1) is 35.0 Å². The number of aromatic hydroxyl groups is 1. The average Bonchev–Trinajstić information content (AvgIpc) is 3.74. The van der Waals surface area contributed by atoms with E-state index in [1.54, 1.807) is 35.9 Å². The van der Waals surface area contributed by atoms with Crippen LogP contribution in [0.15, 0.2) is 86.6 Å². The molecule has 10 rings (SSSR count). The molecule has 10 atom stereocenters. The highest BCUT2D eigenvalue weighted by Gasteiger charge is 2.61. The number of carbonyl (C=O) groups is 1. The molecule has 2 aromatic carbocycles. The van der Waals surface area contributed by atoms with Crippen molar-refractivity contribution in [2.75, 3.05) is 25.0 Å². The number of thiocarbonyl (C=S) groups is 1. The minimum absolute atomic E-state index is 0.00640. The largest absolute Gasteiger partial charge is 0.508 e. The lowest BCUT2D eigenvalue weighted by Gasteiger charge is -2.49. The number of hydrogen-bond donors (Lipinski definition) is 5. The normalized spacial score (nSPS) is 33.2. The number of fused-ring (bicyclic) bond motifs is 8. The summed E-state index contributed by atoms with van der Waals surface area (Å²) in [6.07, 6.45) is 11.0. The third-order valence-corrected chi connectivity index (χ3v) is 16.5. The van der Waals surface area contributed by atoms with Crippen molar-refractivity contribution in [1.29, 1.82) is 0 Å². The van der Waals surface area contributed by atoms with Gasteiger partial charge in [-0.1, -0.05) is 44.1 Å². The summed E-state index contributed by atoms with van der Waals surface area (Å²) < 4.78 is 13.4. The summed E-state index contributed by atoms with van der Waals surface area (Å²) in [4.78, 5) is 27.7. The number of aliphatic hydroxyl groups excluding tert-OH is 1. The van der Waals surface area contributed by atoms with Crippen LogP contribution in [0.4, 0.5) is 5.69 Å². The topological polar surface area (TPSA) is 144 Å². The average molecular weight is 844 g/mol. The van der Waals surface area contributed by atoms with Crippen molar-refractivity contribution in [1.82, 2.24) is 10.2 Å². The number of allylic oxidation sites excluding steroid dienone is 2. The number of benzene rings is 3. The van der Waals surface area contributed by atoms with Crippen LogP contribution in [0.5, 0.6) is 5.75 Å². The molecule has 61 heavy (non-hydrogen) atoms. The number of nitrogens with one attached hydrogen (secondary N) is 2. The molecule has 7 unspecified atom stereocenters. The van der Waals surface area contributed by atoms with Crippen molar-refractivity contribution in [2.24, 2.45) is 35.0 Å². The summed E-state index contributed by atoms with van der Waals surface area (Å²) in [5.41, 5.74) is 6.99. The van der Waals surface area contributed by atoms with Crippen LogP contribution < -0.4 is 16.1 Å². The van der Waals surface area contributed by atoms with Crippen molar-refractivity contribution >= 4 is 40.0 Å². The molecule has 5 aliphatic carbocycles. The number of aliphatic hydroxyl groups is 1. The highest BCUT2D eigenvalue weighted by atomic mass is 32.1. The second-order valence-electron chi connectivity index (χ2n) is 19.5. The van der Waals surface area contributed by atoms with Gasteiger partial charge in [-0.2, -0.15) is 0 Å². The summed E-state index contributed by atoms with van der Waals surface area (Å²) in [6.45, 7) is 12.1. The molecule has 320 valence electrons. The van der Waals surface area contributed by atoms with Crippen LogP contribution in [-0.4, -0.2) is 74.8 Å². The molecule has 2 saturated carbocycles. The SMILES string of the molecule is CC1=C2CC3C(CC=C4C[C@H](O)CCC43C)C2CCC12O[C@H]1CC(C)CN(CCNC(=S)Nc3ccc(-c4c5ccc(=O)cc-5oc5cc(O)ccc45)c(C(=O)O)c3)C1[C@@H]2C. The van der Waals surface area contributed by atoms with Gasteiger partial charge in [-0.15, -0.1) is 0 Å². The number of rotatable bonds is 6. The molecule has 0 bridgehead atoms. The maximum absolute atomic E-state index is 12.8. The van der Waals surface area contributed by atoms with Crippen molar-refractivity contribution in [3.63, 3.8) is 0 Å². The molecule has 3 heterocycles. The monoisotopic (exact) mass is 843 g/mol. The van der Waals surface area contributed by atoms with Gasteiger partial charge in [0.2, 0.25) is 0 Å². The molecular formula is C50H57N3O7S. The van der Waals surface area contributed by atoms with E-state index in [1.807, 2.05) is 0 Å². The number of carboxylic acid groups (broad SMARTS) is 1. The van der Waals surface area contributed by atoms with Crippen LogP contribution in [0.2, 0.25) is 0 Å². The summed E-state index contributed by atoms with van der Waals surface area (Å²) in [5, 5.41) is 38.8. The zero-order valence-corrected chi connectivity index (χ0v) is 36.3. The van der Waals surface area contributed by atoms with Gasteiger partial charge in [-0.3, -0.25) is 9.69 Å². The van der Waals surface area contributed by atoms with Gasteiger partial charge in [0, 0.05) is 65.9 Å². The van der Waals surface area contributed by atoms with Gasteiger partial charge in [0.05, 0.1) is 23.4 Å². The van der Waals surface area contributed by atoms with Gasteiger partial charge in [0.1, 0.15) is 17.1 Å². The van der Waals surface area contributed by atoms with Gasteiger partial charge in [0.25, 0.3) is 0 Å². The molecule has 3 aliphatic heterocycles. The molecular weight excluding hydrogens is 787 g/mol. The van der Waals surface area contributed by atoms with E-state index in [-0.39, 0.29) is 40.0 Å². The lowest BCUT2D eigenvalue weighted by atomic mass is 9.56. The maximum Gasteiger partial charge on any atom is 0.336 e. The first kappa shape index (κ1) is 40.5. The van der Waals surface area contributed by atoms with E-state index >= 15 is 0 Å². The summed E-state index contributed by atoms with van der Waals surface area (Å²) >= 11 is 5.78. The van der Waals surface area contributed by atoms with Crippen molar-refractivity contribution in [3.8, 4) is 28.2 Å². The first-order valence-electron chi connectivity index (χ1n) is 22.4. The quantitative estimate of drug-likeness (QED) is 0.0721. The van der Waals surface area contributed by atoms with Crippen molar-refractivity contribution in [3.05, 3.63) is 93.2 Å². The fraction of sp³-hybridized carbons (Fsp3) is 0.500. The molecule has 2 saturated heterocycles. The third-order valence-electron chi connectivity index (χ3n) is 16.2. The standard InChI is InChI=1S/C50H57N3O7S/c1-26-19-44-46(28(3)50(60-44)16-14-34-35-9-5-29-20-33(56)13-15-49(29,4)41(35)24-39(34)27(50)2)53(25-26)18-17-51-48(61)52-30-6-10-36(40(21-30)47(57)58)45-37-11-7-31(54)22-42(37)59-43-23-32(55)8-12-38(43)45/h5-8,10-12,21-23,26,28,33-35,41,44,46,54,56H,9,13-20,24-25H2,1-4H3,(H,57,58)(H2,51,52,61)/t26?,28-,33+,34?,35?,41?,44-,46?,49?,50?/m0/s1. The third kappa shape index (κ3) is 6.64. The lowest BCUT2D eigenvalue weighted by Crippen LogP contribution is -2.54. The van der Waals surface area contributed by atoms with Crippen LogP contribution in [0.3, 0.4) is 0 Å². The Morgan fingerprint density at radius 1 is 1.03 bits per heavy atom. The minimum atomic E-state index is -1.12. The number of aromatic carboxylic acids is 1. The Morgan fingerprint density at radius 2 is 1.85 bits per heavy atom. The number of piperidine rings is 1. The zero-order chi connectivity index (χ0) is 42.5. The molecule has 0 radical (unpaired) electrons. The molecule has 0 aromatic heterocycles. The Hall–Kier alpha value is -4.55. The Bertz CT molecular complexity index is 2550. The molecule has 0 amide bonds. The number of anilines is 1. The second kappa shape index (κ2) is 15.1. The molecule has 1 spiro atoms. The van der Waals surface area contributed by atoms with E-state index < -0.39 is 5.97 Å². The fourth-order valence-electron chi connectivity index (χ4n) is 13.4. The lowest BCUT2D eigenvalue weighted by molar-refractivity contribution is -0.0646. The number of phenols is 1.